The molecule has 0 aromatic carbocycles. The normalized spacial score (nSPS) is 21.8. The van der Waals surface area contributed by atoms with Crippen molar-refractivity contribution < 1.29 is 4.79 Å². The van der Waals surface area contributed by atoms with E-state index in [0.29, 0.717) is 44.6 Å². The van der Waals surface area contributed by atoms with Gasteiger partial charge >= 0.3 is 0 Å². The summed E-state index contributed by atoms with van der Waals surface area (Å²) in [6.07, 6.45) is 11.7. The van der Waals surface area contributed by atoms with Gasteiger partial charge in [0.05, 0.1) is 10.5 Å². The number of hydrogen-bond donors (Lipinski definition) is 0. The summed E-state index contributed by atoms with van der Waals surface area (Å²) in [7, 11) is 0. The molecule has 0 bridgehead atoms. The van der Waals surface area contributed by atoms with Gasteiger partial charge in [0.1, 0.15) is 15.8 Å². The summed E-state index contributed by atoms with van der Waals surface area (Å²) >= 11 is 6.86. The van der Waals surface area contributed by atoms with Gasteiger partial charge in [0.2, 0.25) is 0 Å². The van der Waals surface area contributed by atoms with Gasteiger partial charge in [-0.05, 0) is 49.3 Å². The molecule has 4 rings (SSSR count). The third-order valence-corrected chi connectivity index (χ3v) is 8.42. The van der Waals surface area contributed by atoms with Crippen LogP contribution in [0.4, 0.5) is 5.82 Å². The van der Waals surface area contributed by atoms with Gasteiger partial charge in [0.25, 0.3) is 11.5 Å². The van der Waals surface area contributed by atoms with Crippen molar-refractivity contribution in [1.82, 2.24) is 14.3 Å². The number of anilines is 1. The van der Waals surface area contributed by atoms with Gasteiger partial charge < -0.3 is 4.90 Å². The molecule has 2 atom stereocenters. The second-order valence-electron chi connectivity index (χ2n) is 10.5. The van der Waals surface area contributed by atoms with Gasteiger partial charge in [0, 0.05) is 25.8 Å². The lowest BCUT2D eigenvalue weighted by Gasteiger charge is -2.36. The fraction of sp³-hybridized carbons (Fsp3) is 0.571. The molecule has 2 aliphatic heterocycles. The van der Waals surface area contributed by atoms with Crippen LogP contribution in [-0.2, 0) is 4.79 Å². The van der Waals surface area contributed by atoms with Crippen LogP contribution in [0.3, 0.4) is 0 Å². The van der Waals surface area contributed by atoms with E-state index in [1.165, 1.54) is 37.4 Å². The van der Waals surface area contributed by atoms with E-state index in [1.807, 2.05) is 25.3 Å². The van der Waals surface area contributed by atoms with Gasteiger partial charge in [-0.25, -0.2) is 4.98 Å². The summed E-state index contributed by atoms with van der Waals surface area (Å²) in [5, 5.41) is 0. The van der Waals surface area contributed by atoms with Gasteiger partial charge in [-0.3, -0.25) is 18.9 Å². The van der Waals surface area contributed by atoms with Crippen LogP contribution in [-0.4, -0.2) is 44.1 Å². The second kappa shape index (κ2) is 11.9. The third-order valence-electron chi connectivity index (χ3n) is 7.04. The van der Waals surface area contributed by atoms with E-state index in [1.54, 1.807) is 15.4 Å². The monoisotopic (exact) mass is 526 g/mol. The summed E-state index contributed by atoms with van der Waals surface area (Å²) < 4.78 is 2.17. The molecule has 2 aliphatic rings. The molecule has 2 aromatic rings. The van der Waals surface area contributed by atoms with Crippen LogP contribution >= 0.6 is 24.0 Å². The number of unbranched alkanes of at least 4 members (excludes halogenated alkanes) is 5. The second-order valence-corrected chi connectivity index (χ2v) is 12.2. The standard InChI is InChI=1S/C28H38N4O2S2/c1-5-6-7-8-9-10-13-31-27(34)23(36-28(31)35)15-22-25(30-16-20(3)14-21(4)17-30)29-24-12-11-19(2)18-32(24)26(22)33/h11-12,15,18,20-21H,5-10,13-14,16-17H2,1-4H3/b23-15+/t20-,21-/m0/s1. The van der Waals surface area contributed by atoms with Crippen molar-refractivity contribution in [3.8, 4) is 0 Å². The lowest BCUT2D eigenvalue weighted by atomic mass is 9.91. The van der Waals surface area contributed by atoms with Crippen LogP contribution in [0.1, 0.15) is 76.8 Å². The number of rotatable bonds is 9. The highest BCUT2D eigenvalue weighted by atomic mass is 32.2. The summed E-state index contributed by atoms with van der Waals surface area (Å²) in [5.41, 5.74) is 1.93. The van der Waals surface area contributed by atoms with Crippen molar-refractivity contribution in [2.75, 3.05) is 24.5 Å². The number of thiocarbonyl (C=S) groups is 1. The number of nitrogens with zero attached hydrogens (tertiary/aromatic N) is 4. The van der Waals surface area contributed by atoms with Crippen molar-refractivity contribution in [1.29, 1.82) is 0 Å². The van der Waals surface area contributed by atoms with Crippen LogP contribution in [0, 0.1) is 18.8 Å². The molecule has 6 nitrogen and oxygen atoms in total. The van der Waals surface area contributed by atoms with Crippen molar-refractivity contribution in [2.45, 2.75) is 72.6 Å². The molecule has 4 heterocycles. The first-order valence-electron chi connectivity index (χ1n) is 13.3. The highest BCUT2D eigenvalue weighted by molar-refractivity contribution is 8.26. The number of aromatic nitrogens is 2. The van der Waals surface area contributed by atoms with E-state index in [0.717, 1.165) is 37.9 Å². The van der Waals surface area contributed by atoms with Crippen LogP contribution in [0.25, 0.3) is 11.7 Å². The van der Waals surface area contributed by atoms with E-state index in [2.05, 4.69) is 25.7 Å². The van der Waals surface area contributed by atoms with E-state index in [-0.39, 0.29) is 11.5 Å². The molecule has 2 saturated heterocycles. The average molecular weight is 527 g/mol. The van der Waals surface area contributed by atoms with Crippen molar-refractivity contribution in [3.05, 3.63) is 44.7 Å². The first-order chi connectivity index (χ1) is 17.3. The summed E-state index contributed by atoms with van der Waals surface area (Å²) in [6, 6.07) is 3.86. The summed E-state index contributed by atoms with van der Waals surface area (Å²) in [6.45, 7) is 11.0. The zero-order valence-corrected chi connectivity index (χ0v) is 23.6. The molecular formula is C28H38N4O2S2. The minimum Gasteiger partial charge on any atom is -0.355 e. The number of hydrogen-bond acceptors (Lipinski definition) is 6. The molecule has 0 N–H and O–H groups in total. The fourth-order valence-electron chi connectivity index (χ4n) is 5.32. The minimum atomic E-state index is -0.147. The topological polar surface area (TPSA) is 57.9 Å². The van der Waals surface area contributed by atoms with Crippen LogP contribution in [0.2, 0.25) is 0 Å². The van der Waals surface area contributed by atoms with Gasteiger partial charge in [-0.1, -0.05) is 82.9 Å². The Balaban J connectivity index is 1.66. The largest absolute Gasteiger partial charge is 0.355 e. The van der Waals surface area contributed by atoms with E-state index < -0.39 is 0 Å². The maximum atomic E-state index is 13.7. The summed E-state index contributed by atoms with van der Waals surface area (Å²) in [4.78, 5) is 36.4. The molecule has 0 unspecified atom stereocenters. The van der Waals surface area contributed by atoms with Crippen LogP contribution < -0.4 is 10.5 Å². The third kappa shape index (κ3) is 6.02. The zero-order valence-electron chi connectivity index (χ0n) is 22.0. The Hall–Kier alpha value is -2.19. The molecule has 2 aromatic heterocycles. The first-order valence-corrected chi connectivity index (χ1v) is 14.5. The van der Waals surface area contributed by atoms with E-state index in [4.69, 9.17) is 17.2 Å². The molecule has 0 aliphatic carbocycles. The number of carbonyl (C=O) groups excluding carboxylic acids is 1. The highest BCUT2D eigenvalue weighted by Crippen LogP contribution is 2.35. The highest BCUT2D eigenvalue weighted by Gasteiger charge is 2.33. The minimum absolute atomic E-state index is 0.0985. The number of carbonyl (C=O) groups is 1. The maximum absolute atomic E-state index is 13.7. The van der Waals surface area contributed by atoms with Gasteiger partial charge in [0.15, 0.2) is 0 Å². The van der Waals surface area contributed by atoms with Gasteiger partial charge in [-0.15, -0.1) is 0 Å². The number of aryl methyl sites for hydroxylation is 1. The Morgan fingerprint density at radius 2 is 1.78 bits per heavy atom. The Labute approximate surface area is 224 Å². The van der Waals surface area contributed by atoms with Crippen LogP contribution in [0.15, 0.2) is 28.0 Å². The maximum Gasteiger partial charge on any atom is 0.267 e. The number of amides is 1. The zero-order chi connectivity index (χ0) is 25.8. The summed E-state index contributed by atoms with van der Waals surface area (Å²) in [5.74, 6) is 1.59. The van der Waals surface area contributed by atoms with Crippen molar-refractivity contribution in [3.63, 3.8) is 0 Å². The molecule has 2 fully saturated rings. The Morgan fingerprint density at radius 3 is 2.50 bits per heavy atom. The quantitative estimate of drug-likeness (QED) is 0.225. The van der Waals surface area contributed by atoms with Crippen molar-refractivity contribution >= 4 is 51.7 Å². The molecule has 8 heteroatoms. The smallest absolute Gasteiger partial charge is 0.267 e. The lowest BCUT2D eigenvalue weighted by Crippen LogP contribution is -2.40. The Kier molecular flexibility index (Phi) is 8.88. The molecule has 0 saturated carbocycles. The van der Waals surface area contributed by atoms with Gasteiger partial charge in [-0.2, -0.15) is 0 Å². The molecule has 194 valence electrons. The number of piperidine rings is 1. The fourth-order valence-corrected chi connectivity index (χ4v) is 6.61. The predicted octanol–water partition coefficient (Wildman–Crippen LogP) is 6.05. The Bertz CT molecular complexity index is 1210. The molecule has 0 radical (unpaired) electrons. The number of fused-ring (bicyclic) bond motifs is 1. The molecule has 0 spiro atoms. The SMILES string of the molecule is CCCCCCCCN1C(=O)/C(=C\c2c(N3C[C@@H](C)C[C@H](C)C3)nc3ccc(C)cn3c2=O)SC1=S. The van der Waals surface area contributed by atoms with E-state index in [9.17, 15) is 9.59 Å². The van der Waals surface area contributed by atoms with Crippen molar-refractivity contribution in [2.24, 2.45) is 11.8 Å². The van der Waals surface area contributed by atoms with E-state index >= 15 is 0 Å². The predicted molar refractivity (Wildman–Crippen MR) is 155 cm³/mol. The number of thioether (sulfide) groups is 1. The first kappa shape index (κ1) is 26.9. The molecule has 1 amide bonds. The van der Waals surface area contributed by atoms with Crippen LogP contribution in [0.5, 0.6) is 0 Å². The lowest BCUT2D eigenvalue weighted by molar-refractivity contribution is -0.122. The average Bonchev–Trinajstić information content (AvgIpc) is 3.09. The number of pyridine rings is 1. The molecular weight excluding hydrogens is 488 g/mol. The molecule has 36 heavy (non-hydrogen) atoms. The Morgan fingerprint density at radius 1 is 1.08 bits per heavy atom.